The lowest BCUT2D eigenvalue weighted by Gasteiger charge is -2.02. The highest BCUT2D eigenvalue weighted by Gasteiger charge is 2.13. The molecule has 120 valence electrons. The van der Waals surface area contributed by atoms with Crippen molar-refractivity contribution in [1.82, 2.24) is 10.6 Å². The first-order valence-electron chi connectivity index (χ1n) is 7.57. The van der Waals surface area contributed by atoms with Crippen LogP contribution in [0, 0.1) is 6.92 Å². The van der Waals surface area contributed by atoms with Gasteiger partial charge in [-0.15, -0.1) is 0 Å². The molecule has 0 aliphatic heterocycles. The first-order chi connectivity index (χ1) is 11.6. The summed E-state index contributed by atoms with van der Waals surface area (Å²) in [7, 11) is 0. The van der Waals surface area contributed by atoms with Crippen LogP contribution in [0.3, 0.4) is 0 Å². The lowest BCUT2D eigenvalue weighted by Crippen LogP contribution is -2.19. The molecule has 0 unspecified atom stereocenters. The van der Waals surface area contributed by atoms with E-state index < -0.39 is 5.91 Å². The number of hydrogen-bond acceptors (Lipinski definition) is 4. The van der Waals surface area contributed by atoms with Crippen LogP contribution in [-0.2, 0) is 0 Å². The first kappa shape index (κ1) is 15.7. The molecule has 0 aliphatic carbocycles. The van der Waals surface area contributed by atoms with E-state index in [-0.39, 0.29) is 5.69 Å². The van der Waals surface area contributed by atoms with E-state index in [1.165, 1.54) is 0 Å². The number of benzene rings is 2. The summed E-state index contributed by atoms with van der Waals surface area (Å²) in [5.74, 6) is 0.132. The maximum atomic E-state index is 12.2. The fraction of sp³-hybridized carbons (Fsp3) is 0.105. The molecule has 0 fully saturated rings. The fourth-order valence-electron chi connectivity index (χ4n) is 2.25. The van der Waals surface area contributed by atoms with Gasteiger partial charge in [-0.1, -0.05) is 65.3 Å². The van der Waals surface area contributed by atoms with Gasteiger partial charge in [0.1, 0.15) is 0 Å². The summed E-state index contributed by atoms with van der Waals surface area (Å²) in [6.07, 6.45) is 0. The zero-order chi connectivity index (χ0) is 16.9. The summed E-state index contributed by atoms with van der Waals surface area (Å²) < 4.78 is 5.22. The highest BCUT2D eigenvalue weighted by Crippen LogP contribution is 2.19. The molecule has 0 bridgehead atoms. The fourth-order valence-corrected chi connectivity index (χ4v) is 2.25. The minimum Gasteiger partial charge on any atom is -0.355 e. The molecule has 3 rings (SSSR count). The number of rotatable bonds is 4. The quantitative estimate of drug-likeness (QED) is 0.587. The largest absolute Gasteiger partial charge is 0.355 e. The van der Waals surface area contributed by atoms with E-state index in [4.69, 9.17) is 4.52 Å². The Morgan fingerprint density at radius 2 is 1.88 bits per heavy atom. The average Bonchev–Trinajstić information content (AvgIpc) is 3.10. The lowest BCUT2D eigenvalue weighted by molar-refractivity contribution is 0.0946. The Morgan fingerprint density at radius 3 is 2.62 bits per heavy atom. The van der Waals surface area contributed by atoms with Gasteiger partial charge in [0.2, 0.25) is 0 Å². The first-order valence-corrected chi connectivity index (χ1v) is 7.57. The van der Waals surface area contributed by atoms with Crippen LogP contribution in [0.15, 0.2) is 70.3 Å². The van der Waals surface area contributed by atoms with Crippen molar-refractivity contribution in [3.8, 4) is 11.3 Å². The number of carbonyl (C=O) groups is 1. The number of aromatic nitrogens is 1. The van der Waals surface area contributed by atoms with E-state index in [2.05, 4.69) is 15.7 Å². The van der Waals surface area contributed by atoms with Crippen molar-refractivity contribution in [2.75, 3.05) is 0 Å². The number of amides is 1. The predicted octanol–water partition coefficient (Wildman–Crippen LogP) is 3.80. The molecule has 1 amide bonds. The monoisotopic (exact) mass is 319 g/mol. The summed E-state index contributed by atoms with van der Waals surface area (Å²) >= 11 is 0. The van der Waals surface area contributed by atoms with Crippen LogP contribution >= 0.6 is 0 Å². The molecule has 0 aliphatic rings. The summed E-state index contributed by atoms with van der Waals surface area (Å²) in [5, 5.41) is 7.93. The second-order valence-electron chi connectivity index (χ2n) is 5.45. The smallest absolute Gasteiger partial charge is 0.293 e. The Hall–Kier alpha value is -3.21. The highest BCUT2D eigenvalue weighted by atomic mass is 16.5. The highest BCUT2D eigenvalue weighted by molar-refractivity contribution is 6.00. The minimum atomic E-state index is -0.409. The van der Waals surface area contributed by atoms with Crippen LogP contribution in [0.4, 0.5) is 0 Å². The number of hydrazone groups is 1. The minimum absolute atomic E-state index is 0.189. The van der Waals surface area contributed by atoms with Crippen LogP contribution in [0.25, 0.3) is 11.3 Å². The molecule has 0 spiro atoms. The molecular formula is C19H17N3O2. The third-order valence-corrected chi connectivity index (χ3v) is 3.56. The van der Waals surface area contributed by atoms with Crippen molar-refractivity contribution in [3.63, 3.8) is 0 Å². The Balaban J connectivity index is 1.71. The lowest BCUT2D eigenvalue weighted by atomic mass is 10.1. The molecular weight excluding hydrogens is 302 g/mol. The topological polar surface area (TPSA) is 67.5 Å². The van der Waals surface area contributed by atoms with E-state index in [0.29, 0.717) is 5.76 Å². The molecule has 0 radical (unpaired) electrons. The van der Waals surface area contributed by atoms with Crippen LogP contribution < -0.4 is 5.43 Å². The number of nitrogens with zero attached hydrogens (tertiary/aromatic N) is 2. The molecule has 5 nitrogen and oxygen atoms in total. The third kappa shape index (κ3) is 3.57. The second kappa shape index (κ2) is 6.91. The molecule has 1 heterocycles. The van der Waals surface area contributed by atoms with E-state index >= 15 is 0 Å². The molecule has 24 heavy (non-hydrogen) atoms. The van der Waals surface area contributed by atoms with Gasteiger partial charge in [0.15, 0.2) is 11.5 Å². The van der Waals surface area contributed by atoms with E-state index in [1.807, 2.05) is 68.4 Å². The summed E-state index contributed by atoms with van der Waals surface area (Å²) in [4.78, 5) is 12.2. The van der Waals surface area contributed by atoms with Crippen molar-refractivity contribution in [3.05, 3.63) is 77.5 Å². The molecule has 1 aromatic heterocycles. The number of nitrogens with one attached hydrogen (secondary N) is 1. The normalized spacial score (nSPS) is 11.3. The van der Waals surface area contributed by atoms with Crippen LogP contribution in [-0.4, -0.2) is 16.8 Å². The number of carbonyl (C=O) groups excluding carboxylic acids is 1. The van der Waals surface area contributed by atoms with Gasteiger partial charge in [-0.2, -0.15) is 5.10 Å². The standard InChI is InChI=1S/C19H17N3O2/c1-13-7-6-10-16(11-13)14(2)20-21-19(23)17-12-18(24-22-17)15-8-4-3-5-9-15/h3-12H,1-2H3,(H,21,23)/b20-14-. The van der Waals surface area contributed by atoms with Crippen molar-refractivity contribution < 1.29 is 9.32 Å². The Kier molecular flexibility index (Phi) is 4.52. The zero-order valence-electron chi connectivity index (χ0n) is 13.5. The van der Waals surface area contributed by atoms with Gasteiger partial charge in [-0.25, -0.2) is 5.43 Å². The molecule has 0 saturated heterocycles. The van der Waals surface area contributed by atoms with Gasteiger partial charge >= 0.3 is 0 Å². The predicted molar refractivity (Wildman–Crippen MR) is 92.8 cm³/mol. The maximum absolute atomic E-state index is 12.2. The summed E-state index contributed by atoms with van der Waals surface area (Å²) in [5.41, 5.74) is 6.38. The molecule has 0 saturated carbocycles. The molecule has 5 heteroatoms. The summed E-state index contributed by atoms with van der Waals surface area (Å²) in [6, 6.07) is 19.0. The Labute approximate surface area is 140 Å². The molecule has 3 aromatic rings. The molecule has 1 N–H and O–H groups in total. The number of hydrogen-bond donors (Lipinski definition) is 1. The Morgan fingerprint density at radius 1 is 1.08 bits per heavy atom. The Bertz CT molecular complexity index is 882. The van der Waals surface area contributed by atoms with Crippen LogP contribution in [0.2, 0.25) is 0 Å². The van der Waals surface area contributed by atoms with Gasteiger partial charge in [-0.3, -0.25) is 4.79 Å². The number of aryl methyl sites for hydroxylation is 1. The van der Waals surface area contributed by atoms with Crippen molar-refractivity contribution >= 4 is 11.6 Å². The van der Waals surface area contributed by atoms with E-state index in [1.54, 1.807) is 6.07 Å². The second-order valence-corrected chi connectivity index (χ2v) is 5.45. The van der Waals surface area contributed by atoms with Crippen LogP contribution in [0.5, 0.6) is 0 Å². The summed E-state index contributed by atoms with van der Waals surface area (Å²) in [6.45, 7) is 3.85. The van der Waals surface area contributed by atoms with Crippen molar-refractivity contribution in [1.29, 1.82) is 0 Å². The van der Waals surface area contributed by atoms with Gasteiger partial charge in [0, 0.05) is 11.6 Å². The van der Waals surface area contributed by atoms with Crippen LogP contribution in [0.1, 0.15) is 28.5 Å². The molecule has 0 atom stereocenters. The van der Waals surface area contributed by atoms with Crippen molar-refractivity contribution in [2.45, 2.75) is 13.8 Å². The van der Waals surface area contributed by atoms with Crippen molar-refractivity contribution in [2.24, 2.45) is 5.10 Å². The van der Waals surface area contributed by atoms with Gasteiger partial charge in [-0.05, 0) is 19.4 Å². The van der Waals surface area contributed by atoms with Gasteiger partial charge in [0.25, 0.3) is 5.91 Å². The SMILES string of the molecule is C/C(=N/NC(=O)c1cc(-c2ccccc2)on1)c1cccc(C)c1. The molecule has 2 aromatic carbocycles. The average molecular weight is 319 g/mol. The van der Waals surface area contributed by atoms with Gasteiger partial charge < -0.3 is 4.52 Å². The third-order valence-electron chi connectivity index (χ3n) is 3.56. The zero-order valence-corrected chi connectivity index (χ0v) is 13.5. The van der Waals surface area contributed by atoms with E-state index in [0.717, 1.165) is 22.4 Å². The maximum Gasteiger partial charge on any atom is 0.293 e. The van der Waals surface area contributed by atoms with Gasteiger partial charge in [0.05, 0.1) is 5.71 Å². The van der Waals surface area contributed by atoms with E-state index in [9.17, 15) is 4.79 Å².